The molecule has 1 aromatic heterocycles. The molecular weight excluding hydrogens is 328 g/mol. The van der Waals surface area contributed by atoms with Crippen molar-refractivity contribution in [3.8, 4) is 0 Å². The Morgan fingerprint density at radius 3 is 2.96 bits per heavy atom. The van der Waals surface area contributed by atoms with E-state index in [0.717, 1.165) is 19.0 Å². The van der Waals surface area contributed by atoms with Gasteiger partial charge in [-0.05, 0) is 24.6 Å². The molecule has 1 N–H and O–H groups in total. The fraction of sp³-hybridized carbons (Fsp3) is 0.444. The highest BCUT2D eigenvalue weighted by atomic mass is 19.1. The minimum absolute atomic E-state index is 0.0141. The van der Waals surface area contributed by atoms with Crippen molar-refractivity contribution >= 4 is 5.91 Å². The molecule has 1 amide bonds. The number of piperidine rings is 1. The number of aryl methyl sites for hydroxylation is 1. The Kier molecular flexibility index (Phi) is 4.03. The third-order valence-electron chi connectivity index (χ3n) is 5.26. The third kappa shape index (κ3) is 2.82. The SMILES string of the molecule is Cc1nc(C(=O)N2C[C@H](c3ccc(F)cc3F)[C@H]3CNCC[C@H]32)co1. The van der Waals surface area contributed by atoms with Gasteiger partial charge in [0.1, 0.15) is 17.9 Å². The maximum absolute atomic E-state index is 14.3. The predicted molar refractivity (Wildman–Crippen MR) is 86.1 cm³/mol. The van der Waals surface area contributed by atoms with Crippen LogP contribution in [-0.2, 0) is 0 Å². The Morgan fingerprint density at radius 1 is 1.40 bits per heavy atom. The van der Waals surface area contributed by atoms with Crippen LogP contribution in [-0.4, -0.2) is 41.5 Å². The molecule has 2 aliphatic rings. The zero-order chi connectivity index (χ0) is 17.6. The Hall–Kier alpha value is -2.28. The summed E-state index contributed by atoms with van der Waals surface area (Å²) < 4.78 is 32.7. The second-order valence-electron chi connectivity index (χ2n) is 6.71. The second-order valence-corrected chi connectivity index (χ2v) is 6.71. The van der Waals surface area contributed by atoms with Gasteiger partial charge in [0.25, 0.3) is 5.91 Å². The fourth-order valence-electron chi connectivity index (χ4n) is 4.12. The van der Waals surface area contributed by atoms with Crippen LogP contribution >= 0.6 is 0 Å². The summed E-state index contributed by atoms with van der Waals surface area (Å²) in [4.78, 5) is 18.8. The summed E-state index contributed by atoms with van der Waals surface area (Å²) in [7, 11) is 0. The molecule has 3 heterocycles. The van der Waals surface area contributed by atoms with E-state index in [-0.39, 0.29) is 29.5 Å². The molecule has 4 rings (SSSR count). The lowest BCUT2D eigenvalue weighted by molar-refractivity contribution is 0.0691. The summed E-state index contributed by atoms with van der Waals surface area (Å²) in [5.74, 6) is -0.991. The number of amides is 1. The lowest BCUT2D eigenvalue weighted by Gasteiger charge is -2.32. The first kappa shape index (κ1) is 16.2. The summed E-state index contributed by atoms with van der Waals surface area (Å²) in [5, 5.41) is 3.32. The number of oxazole rings is 1. The van der Waals surface area contributed by atoms with Crippen molar-refractivity contribution in [3.05, 3.63) is 53.2 Å². The number of hydrogen-bond donors (Lipinski definition) is 1. The quantitative estimate of drug-likeness (QED) is 0.907. The average molecular weight is 347 g/mol. The van der Waals surface area contributed by atoms with E-state index < -0.39 is 11.6 Å². The highest BCUT2D eigenvalue weighted by Crippen LogP contribution is 2.41. The zero-order valence-electron chi connectivity index (χ0n) is 13.8. The Labute approximate surface area is 144 Å². The molecule has 1 aromatic carbocycles. The van der Waals surface area contributed by atoms with Gasteiger partial charge in [-0.2, -0.15) is 0 Å². The summed E-state index contributed by atoms with van der Waals surface area (Å²) >= 11 is 0. The van der Waals surface area contributed by atoms with E-state index >= 15 is 0 Å². The molecule has 25 heavy (non-hydrogen) atoms. The van der Waals surface area contributed by atoms with Gasteiger partial charge in [0.15, 0.2) is 11.6 Å². The number of rotatable bonds is 2. The first-order valence-electron chi connectivity index (χ1n) is 8.43. The first-order valence-corrected chi connectivity index (χ1v) is 8.43. The van der Waals surface area contributed by atoms with E-state index in [9.17, 15) is 13.6 Å². The molecule has 2 aliphatic heterocycles. The average Bonchev–Trinajstić information content (AvgIpc) is 3.19. The Balaban J connectivity index is 1.67. The normalized spacial score (nSPS) is 25.9. The van der Waals surface area contributed by atoms with Crippen LogP contribution in [0.2, 0.25) is 0 Å². The van der Waals surface area contributed by atoms with Gasteiger partial charge < -0.3 is 14.6 Å². The third-order valence-corrected chi connectivity index (χ3v) is 5.26. The van der Waals surface area contributed by atoms with Gasteiger partial charge in [0, 0.05) is 44.0 Å². The van der Waals surface area contributed by atoms with Crippen molar-refractivity contribution in [2.45, 2.75) is 25.3 Å². The first-order chi connectivity index (χ1) is 12.0. The Bertz CT molecular complexity index is 807. The van der Waals surface area contributed by atoms with Crippen molar-refractivity contribution in [2.24, 2.45) is 5.92 Å². The van der Waals surface area contributed by atoms with Gasteiger partial charge in [0.2, 0.25) is 0 Å². The number of benzene rings is 1. The number of nitrogens with zero attached hydrogens (tertiary/aromatic N) is 2. The summed E-state index contributed by atoms with van der Waals surface area (Å²) in [5.41, 5.74) is 0.738. The van der Waals surface area contributed by atoms with Gasteiger partial charge in [-0.15, -0.1) is 0 Å². The van der Waals surface area contributed by atoms with Crippen molar-refractivity contribution in [2.75, 3.05) is 19.6 Å². The van der Waals surface area contributed by atoms with Crippen LogP contribution in [0.1, 0.15) is 34.3 Å². The van der Waals surface area contributed by atoms with Gasteiger partial charge in [-0.25, -0.2) is 13.8 Å². The topological polar surface area (TPSA) is 58.4 Å². The van der Waals surface area contributed by atoms with E-state index in [1.165, 1.54) is 18.4 Å². The molecule has 7 heteroatoms. The van der Waals surface area contributed by atoms with E-state index in [1.807, 2.05) is 0 Å². The van der Waals surface area contributed by atoms with Crippen LogP contribution in [0.15, 0.2) is 28.9 Å². The number of likely N-dealkylation sites (tertiary alicyclic amines) is 1. The maximum atomic E-state index is 14.3. The monoisotopic (exact) mass is 347 g/mol. The number of carbonyl (C=O) groups excluding carboxylic acids is 1. The van der Waals surface area contributed by atoms with Gasteiger partial charge in [0.05, 0.1) is 0 Å². The van der Waals surface area contributed by atoms with Crippen LogP contribution in [0.4, 0.5) is 8.78 Å². The van der Waals surface area contributed by atoms with E-state index in [1.54, 1.807) is 11.8 Å². The fourth-order valence-corrected chi connectivity index (χ4v) is 4.12. The number of hydrogen-bond acceptors (Lipinski definition) is 4. The predicted octanol–water partition coefficient (Wildman–Crippen LogP) is 2.48. The molecule has 0 bridgehead atoms. The number of halogens is 2. The van der Waals surface area contributed by atoms with Gasteiger partial charge in [-0.3, -0.25) is 4.79 Å². The number of fused-ring (bicyclic) bond motifs is 1. The van der Waals surface area contributed by atoms with Crippen LogP contribution in [0.3, 0.4) is 0 Å². The van der Waals surface area contributed by atoms with E-state index in [0.29, 0.717) is 24.5 Å². The van der Waals surface area contributed by atoms with Gasteiger partial charge in [-0.1, -0.05) is 6.07 Å². The number of nitrogens with one attached hydrogen (secondary N) is 1. The minimum Gasteiger partial charge on any atom is -0.448 e. The lowest BCUT2D eigenvalue weighted by Crippen LogP contribution is -2.46. The van der Waals surface area contributed by atoms with Crippen LogP contribution in [0, 0.1) is 24.5 Å². The van der Waals surface area contributed by atoms with Crippen LogP contribution in [0.5, 0.6) is 0 Å². The molecule has 5 nitrogen and oxygen atoms in total. The van der Waals surface area contributed by atoms with Crippen LogP contribution < -0.4 is 5.32 Å². The molecule has 2 fully saturated rings. The second kappa shape index (κ2) is 6.22. The zero-order valence-corrected chi connectivity index (χ0v) is 13.8. The van der Waals surface area contributed by atoms with Crippen molar-refractivity contribution < 1.29 is 18.0 Å². The largest absolute Gasteiger partial charge is 0.448 e. The molecule has 2 aromatic rings. The Morgan fingerprint density at radius 2 is 2.24 bits per heavy atom. The molecule has 0 aliphatic carbocycles. The van der Waals surface area contributed by atoms with Crippen molar-refractivity contribution in [1.29, 1.82) is 0 Å². The number of carbonyl (C=O) groups is 1. The molecule has 132 valence electrons. The van der Waals surface area contributed by atoms with Crippen LogP contribution in [0.25, 0.3) is 0 Å². The molecular formula is C18H19F2N3O2. The molecule has 0 radical (unpaired) electrons. The smallest absolute Gasteiger partial charge is 0.276 e. The molecule has 3 atom stereocenters. The van der Waals surface area contributed by atoms with Crippen molar-refractivity contribution in [1.82, 2.24) is 15.2 Å². The molecule has 0 unspecified atom stereocenters. The highest BCUT2D eigenvalue weighted by molar-refractivity contribution is 5.92. The highest BCUT2D eigenvalue weighted by Gasteiger charge is 2.46. The minimum atomic E-state index is -0.594. The molecule has 2 saturated heterocycles. The van der Waals surface area contributed by atoms with E-state index in [4.69, 9.17) is 4.42 Å². The maximum Gasteiger partial charge on any atom is 0.276 e. The number of aromatic nitrogens is 1. The standard InChI is InChI=1S/C18H19F2N3O2/c1-10-22-16(9-25-10)18(24)23-8-14(13-7-21-5-4-17(13)23)12-3-2-11(19)6-15(12)20/h2-3,6,9,13-14,17,21H,4-5,7-8H2,1H3/t13-,14-,17-/m1/s1. The summed E-state index contributed by atoms with van der Waals surface area (Å²) in [6.45, 7) is 3.59. The van der Waals surface area contributed by atoms with Crippen molar-refractivity contribution in [3.63, 3.8) is 0 Å². The molecule has 0 spiro atoms. The van der Waals surface area contributed by atoms with E-state index in [2.05, 4.69) is 10.3 Å². The van der Waals surface area contributed by atoms with Gasteiger partial charge >= 0.3 is 0 Å². The summed E-state index contributed by atoms with van der Waals surface area (Å²) in [6.07, 6.45) is 2.16. The summed E-state index contributed by atoms with van der Waals surface area (Å²) in [6, 6.07) is 3.69. The molecule has 0 saturated carbocycles. The lowest BCUT2D eigenvalue weighted by atomic mass is 9.82.